The molecule has 2 heterocycles. The maximum absolute atomic E-state index is 5.32. The number of aryl methyl sites for hydroxylation is 1. The van der Waals surface area contributed by atoms with Crippen molar-refractivity contribution in [1.29, 1.82) is 0 Å². The number of nitrogens with one attached hydrogen (secondary N) is 2. The number of aromatic nitrogens is 2. The number of rotatable bonds is 6. The van der Waals surface area contributed by atoms with Crippen molar-refractivity contribution in [3.8, 4) is 5.75 Å². The highest BCUT2D eigenvalue weighted by Crippen LogP contribution is 2.29. The van der Waals surface area contributed by atoms with Crippen molar-refractivity contribution < 1.29 is 9.37 Å². The highest BCUT2D eigenvalue weighted by atomic mass is 16.6. The minimum Gasteiger partial charge on any atom is -0.497 e. The molecule has 0 saturated carbocycles. The Hall–Kier alpha value is -2.48. The first kappa shape index (κ1) is 17.9. The van der Waals surface area contributed by atoms with Crippen LogP contribution in [0.4, 0.5) is 0 Å². The second-order valence-corrected chi connectivity index (χ2v) is 7.23. The predicted octanol–water partition coefficient (Wildman–Crippen LogP) is 2.44. The van der Waals surface area contributed by atoms with Gasteiger partial charge in [-0.2, -0.15) is 0 Å². The van der Waals surface area contributed by atoms with Gasteiger partial charge in [0, 0.05) is 25.6 Å². The Kier molecular flexibility index (Phi) is 5.07. The van der Waals surface area contributed by atoms with E-state index in [4.69, 9.17) is 9.37 Å². The molecule has 1 aliphatic rings. The quantitative estimate of drug-likeness (QED) is 0.693. The number of hydrogen-bond acceptors (Lipinski definition) is 7. The van der Waals surface area contributed by atoms with Crippen molar-refractivity contribution in [3.63, 3.8) is 0 Å². The summed E-state index contributed by atoms with van der Waals surface area (Å²) in [5.41, 5.74) is 9.79. The number of fused-ring (bicyclic) bond motifs is 1. The van der Waals surface area contributed by atoms with Crippen LogP contribution in [0.25, 0.3) is 10.8 Å². The van der Waals surface area contributed by atoms with E-state index in [2.05, 4.69) is 63.4 Å². The summed E-state index contributed by atoms with van der Waals surface area (Å²) in [6, 6.07) is 13.1. The summed E-state index contributed by atoms with van der Waals surface area (Å²) >= 11 is 0. The summed E-state index contributed by atoms with van der Waals surface area (Å²) in [5, 5.41) is 10.3. The van der Waals surface area contributed by atoms with Crippen molar-refractivity contribution in [2.75, 3.05) is 27.2 Å². The summed E-state index contributed by atoms with van der Waals surface area (Å²) in [6.07, 6.45) is 0. The Morgan fingerprint density at radius 2 is 2.00 bits per heavy atom. The first-order chi connectivity index (χ1) is 13.1. The molecule has 0 bridgehead atoms. The molecule has 0 amide bonds. The Labute approximate surface area is 158 Å². The maximum Gasteiger partial charge on any atom is 0.122 e. The van der Waals surface area contributed by atoms with E-state index < -0.39 is 0 Å². The highest BCUT2D eigenvalue weighted by Gasteiger charge is 2.29. The number of hydrazine groups is 1. The van der Waals surface area contributed by atoms with Gasteiger partial charge in [0.1, 0.15) is 17.1 Å². The summed E-state index contributed by atoms with van der Waals surface area (Å²) in [5.74, 6) is 1.33. The van der Waals surface area contributed by atoms with Gasteiger partial charge < -0.3 is 4.74 Å². The topological polar surface area (TPSA) is 75.5 Å². The molecule has 0 spiro atoms. The molecule has 2 aromatic carbocycles. The number of ether oxygens (including phenoxy) is 1. The zero-order chi connectivity index (χ0) is 18.8. The summed E-state index contributed by atoms with van der Waals surface area (Å²) in [4.78, 5) is 2.27. The molecule has 1 aromatic heterocycles. The number of benzene rings is 2. The van der Waals surface area contributed by atoms with Crippen LogP contribution in [0.2, 0.25) is 0 Å². The van der Waals surface area contributed by atoms with Gasteiger partial charge in [0.25, 0.3) is 0 Å². The van der Waals surface area contributed by atoms with Crippen LogP contribution in [-0.4, -0.2) is 42.5 Å². The lowest BCUT2D eigenvalue weighted by atomic mass is 9.92. The van der Waals surface area contributed by atoms with Gasteiger partial charge in [-0.15, -0.1) is 0 Å². The predicted molar refractivity (Wildman–Crippen MR) is 103 cm³/mol. The van der Waals surface area contributed by atoms with Gasteiger partial charge in [-0.25, -0.2) is 10.1 Å². The number of hydrogen-bond donors (Lipinski definition) is 2. The van der Waals surface area contributed by atoms with E-state index in [9.17, 15) is 0 Å². The van der Waals surface area contributed by atoms with Crippen molar-refractivity contribution in [2.24, 2.45) is 5.92 Å². The zero-order valence-electron chi connectivity index (χ0n) is 15.9. The fourth-order valence-corrected chi connectivity index (χ4v) is 3.74. The third kappa shape index (κ3) is 3.80. The van der Waals surface area contributed by atoms with Crippen LogP contribution in [0.5, 0.6) is 5.75 Å². The molecule has 4 rings (SSSR count). The first-order valence-electron chi connectivity index (χ1n) is 9.16. The van der Waals surface area contributed by atoms with E-state index in [0.717, 1.165) is 36.8 Å². The van der Waals surface area contributed by atoms with Crippen LogP contribution in [0.1, 0.15) is 23.0 Å². The molecule has 2 N–H and O–H groups in total. The average molecular weight is 367 g/mol. The van der Waals surface area contributed by atoms with Gasteiger partial charge in [0.2, 0.25) is 0 Å². The molecular weight excluding hydrogens is 342 g/mol. The Morgan fingerprint density at radius 1 is 1.19 bits per heavy atom. The average Bonchev–Trinajstić information content (AvgIpc) is 3.30. The fraction of sp³-hybridized carbons (Fsp3) is 0.400. The van der Waals surface area contributed by atoms with Crippen molar-refractivity contribution >= 4 is 10.8 Å². The molecule has 7 nitrogen and oxygen atoms in total. The van der Waals surface area contributed by atoms with Crippen molar-refractivity contribution in [2.45, 2.75) is 19.5 Å². The molecule has 0 radical (unpaired) electrons. The Bertz CT molecular complexity index is 926. The van der Waals surface area contributed by atoms with E-state index in [1.54, 1.807) is 7.11 Å². The van der Waals surface area contributed by atoms with Gasteiger partial charge in [-0.3, -0.25) is 10.3 Å². The van der Waals surface area contributed by atoms with E-state index in [1.165, 1.54) is 16.3 Å². The summed E-state index contributed by atoms with van der Waals surface area (Å²) in [7, 11) is 3.80. The van der Waals surface area contributed by atoms with Crippen LogP contribution in [0, 0.1) is 12.8 Å². The van der Waals surface area contributed by atoms with Gasteiger partial charge >= 0.3 is 0 Å². The van der Waals surface area contributed by atoms with Crippen LogP contribution < -0.4 is 15.6 Å². The Morgan fingerprint density at radius 3 is 2.78 bits per heavy atom. The van der Waals surface area contributed by atoms with Gasteiger partial charge in [-0.05, 0) is 48.5 Å². The lowest BCUT2D eigenvalue weighted by molar-refractivity contribution is 0.249. The molecule has 3 aromatic rings. The van der Waals surface area contributed by atoms with Crippen LogP contribution >= 0.6 is 0 Å². The van der Waals surface area contributed by atoms with Gasteiger partial charge in [0.05, 0.1) is 13.2 Å². The fourth-order valence-electron chi connectivity index (χ4n) is 3.74. The summed E-state index contributed by atoms with van der Waals surface area (Å²) < 4.78 is 10.1. The molecule has 0 aliphatic carbocycles. The Balaban J connectivity index is 1.49. The SMILES string of the molecule is COc1ccc2cc(C3NNCC3CN(C)Cc3nonc3C)ccc2c1. The largest absolute Gasteiger partial charge is 0.497 e. The smallest absolute Gasteiger partial charge is 0.122 e. The second kappa shape index (κ2) is 7.64. The first-order valence-corrected chi connectivity index (χ1v) is 9.16. The third-order valence-electron chi connectivity index (χ3n) is 5.24. The molecule has 1 fully saturated rings. The van der Waals surface area contributed by atoms with Gasteiger partial charge in [-0.1, -0.05) is 28.5 Å². The lowest BCUT2D eigenvalue weighted by Crippen LogP contribution is -2.30. The van der Waals surface area contributed by atoms with Crippen LogP contribution in [-0.2, 0) is 6.54 Å². The standard InChI is InChI=1S/C20H25N5O2/c1-13-19(24-27-23-13)12-25(2)11-17-10-21-22-20(17)16-5-4-15-9-18(26-3)7-6-14(15)8-16/h4-9,17,20-22H,10-12H2,1-3H3. The normalized spacial score (nSPS) is 19.9. The molecule has 27 heavy (non-hydrogen) atoms. The monoisotopic (exact) mass is 367 g/mol. The van der Waals surface area contributed by atoms with E-state index >= 15 is 0 Å². The van der Waals surface area contributed by atoms with Gasteiger partial charge in [0.15, 0.2) is 0 Å². The molecule has 2 atom stereocenters. The van der Waals surface area contributed by atoms with E-state index in [0.29, 0.717) is 5.92 Å². The molecule has 1 aliphatic heterocycles. The number of nitrogens with zero attached hydrogens (tertiary/aromatic N) is 3. The highest BCUT2D eigenvalue weighted by molar-refractivity contribution is 5.84. The van der Waals surface area contributed by atoms with Crippen LogP contribution in [0.15, 0.2) is 41.0 Å². The van der Waals surface area contributed by atoms with Crippen molar-refractivity contribution in [3.05, 3.63) is 53.3 Å². The molecule has 1 saturated heterocycles. The zero-order valence-corrected chi connectivity index (χ0v) is 15.9. The minimum absolute atomic E-state index is 0.260. The minimum atomic E-state index is 0.260. The lowest BCUT2D eigenvalue weighted by Gasteiger charge is -2.24. The third-order valence-corrected chi connectivity index (χ3v) is 5.24. The number of methoxy groups -OCH3 is 1. The van der Waals surface area contributed by atoms with E-state index in [-0.39, 0.29) is 6.04 Å². The second-order valence-electron chi connectivity index (χ2n) is 7.23. The van der Waals surface area contributed by atoms with Crippen molar-refractivity contribution in [1.82, 2.24) is 26.1 Å². The molecule has 142 valence electrons. The van der Waals surface area contributed by atoms with Crippen LogP contribution in [0.3, 0.4) is 0 Å². The summed E-state index contributed by atoms with van der Waals surface area (Å²) in [6.45, 7) is 4.52. The molecule has 7 heteroatoms. The van der Waals surface area contributed by atoms with E-state index in [1.807, 2.05) is 13.0 Å². The molecular formula is C20H25N5O2. The molecule has 2 unspecified atom stereocenters. The maximum atomic E-state index is 5.32.